The second kappa shape index (κ2) is 8.53. The molecule has 0 N–H and O–H groups in total. The van der Waals surface area contributed by atoms with Crippen molar-refractivity contribution in [1.29, 1.82) is 0 Å². The average Bonchev–Trinajstić information content (AvgIpc) is 3.27. The van der Waals surface area contributed by atoms with Crippen molar-refractivity contribution < 1.29 is 33.1 Å². The monoisotopic (exact) mass is 427 g/mol. The molecule has 1 aliphatic carbocycles. The fourth-order valence-electron chi connectivity index (χ4n) is 4.54. The van der Waals surface area contributed by atoms with E-state index in [1.807, 2.05) is 0 Å². The molecule has 2 amide bonds. The molecule has 8 nitrogen and oxygen atoms in total. The molecular weight excluding hydrogens is 402 g/mol. The van der Waals surface area contributed by atoms with Crippen LogP contribution in [0, 0.1) is 11.8 Å². The van der Waals surface area contributed by atoms with Gasteiger partial charge in [0, 0.05) is 5.39 Å². The van der Waals surface area contributed by atoms with E-state index in [0.717, 1.165) is 17.7 Å². The number of rotatable bonds is 6. The summed E-state index contributed by atoms with van der Waals surface area (Å²) in [5.74, 6) is -2.62. The molecule has 31 heavy (non-hydrogen) atoms. The second-order valence-corrected chi connectivity index (χ2v) is 7.95. The van der Waals surface area contributed by atoms with E-state index in [1.54, 1.807) is 31.2 Å². The summed E-state index contributed by atoms with van der Waals surface area (Å²) in [4.78, 5) is 51.6. The van der Waals surface area contributed by atoms with E-state index in [2.05, 4.69) is 0 Å². The smallest absolute Gasteiger partial charge is 0.374 e. The summed E-state index contributed by atoms with van der Waals surface area (Å²) in [7, 11) is 0. The molecule has 1 aliphatic heterocycles. The molecule has 2 aromatic rings. The number of esters is 2. The lowest BCUT2D eigenvalue weighted by atomic mass is 9.81. The maximum absolute atomic E-state index is 12.7. The van der Waals surface area contributed by atoms with Crippen LogP contribution in [0.4, 0.5) is 0 Å². The fourth-order valence-corrected chi connectivity index (χ4v) is 4.54. The highest BCUT2D eigenvalue weighted by atomic mass is 16.5. The normalized spacial score (nSPS) is 21.8. The van der Waals surface area contributed by atoms with Gasteiger partial charge in [-0.2, -0.15) is 0 Å². The zero-order valence-electron chi connectivity index (χ0n) is 17.6. The summed E-state index contributed by atoms with van der Waals surface area (Å²) >= 11 is 0. The Bertz CT molecular complexity index is 1020. The van der Waals surface area contributed by atoms with E-state index in [-0.39, 0.29) is 42.6 Å². The molecule has 2 aliphatic rings. The van der Waals surface area contributed by atoms with Crippen LogP contribution in [0.15, 0.2) is 28.7 Å². The SMILES string of the molecule is CCOC(=O)c1oc2ccccc2c1COC(=O)[C@@H](C)N1C(=O)[C@H]2CCCC[C@@H]2C1=O. The predicted molar refractivity (Wildman–Crippen MR) is 109 cm³/mol. The Morgan fingerprint density at radius 2 is 1.74 bits per heavy atom. The maximum atomic E-state index is 12.7. The van der Waals surface area contributed by atoms with Gasteiger partial charge in [0.2, 0.25) is 17.6 Å². The van der Waals surface area contributed by atoms with Crippen molar-refractivity contribution in [3.63, 3.8) is 0 Å². The van der Waals surface area contributed by atoms with Gasteiger partial charge >= 0.3 is 11.9 Å². The number of para-hydroxylation sites is 1. The van der Waals surface area contributed by atoms with Crippen molar-refractivity contribution in [3.05, 3.63) is 35.6 Å². The standard InChI is InChI=1S/C23H25NO7/c1-3-29-23(28)19-17(14-8-6-7-11-18(14)31-19)12-30-22(27)13(2)24-20(25)15-9-4-5-10-16(15)21(24)26/h6-8,11,13,15-16H,3-5,9-10,12H2,1-2H3/t13-,15+,16+/m1/s1. The minimum Gasteiger partial charge on any atom is -0.460 e. The van der Waals surface area contributed by atoms with Gasteiger partial charge in [-0.25, -0.2) is 9.59 Å². The average molecular weight is 427 g/mol. The summed E-state index contributed by atoms with van der Waals surface area (Å²) in [5, 5.41) is 0.630. The minimum absolute atomic E-state index is 0.0251. The van der Waals surface area contributed by atoms with Gasteiger partial charge in [-0.15, -0.1) is 0 Å². The van der Waals surface area contributed by atoms with Crippen LogP contribution >= 0.6 is 0 Å². The number of hydrogen-bond acceptors (Lipinski definition) is 7. The quantitative estimate of drug-likeness (QED) is 0.515. The Labute approximate surface area is 179 Å². The molecule has 1 aromatic heterocycles. The molecule has 2 fully saturated rings. The number of nitrogens with zero attached hydrogens (tertiary/aromatic N) is 1. The summed E-state index contributed by atoms with van der Waals surface area (Å²) in [6.45, 7) is 3.11. The third-order valence-electron chi connectivity index (χ3n) is 6.12. The van der Waals surface area contributed by atoms with E-state index in [9.17, 15) is 19.2 Å². The van der Waals surface area contributed by atoms with Gasteiger partial charge in [0.05, 0.1) is 24.0 Å². The highest BCUT2D eigenvalue weighted by molar-refractivity contribution is 6.07. The third kappa shape index (κ3) is 3.71. The third-order valence-corrected chi connectivity index (χ3v) is 6.12. The van der Waals surface area contributed by atoms with Crippen LogP contribution < -0.4 is 0 Å². The van der Waals surface area contributed by atoms with Gasteiger partial charge < -0.3 is 13.9 Å². The van der Waals surface area contributed by atoms with Crippen molar-refractivity contribution in [3.8, 4) is 0 Å². The van der Waals surface area contributed by atoms with Crippen LogP contribution in [0.1, 0.15) is 55.6 Å². The second-order valence-electron chi connectivity index (χ2n) is 7.95. The van der Waals surface area contributed by atoms with Crippen molar-refractivity contribution in [2.75, 3.05) is 6.61 Å². The summed E-state index contributed by atoms with van der Waals surface area (Å²) in [6.07, 6.45) is 3.18. The lowest BCUT2D eigenvalue weighted by molar-refractivity contribution is -0.159. The number of carbonyl (C=O) groups is 4. The fraction of sp³-hybridized carbons (Fsp3) is 0.478. The first-order chi connectivity index (χ1) is 14.9. The van der Waals surface area contributed by atoms with Crippen LogP contribution in [0.3, 0.4) is 0 Å². The van der Waals surface area contributed by atoms with Crippen molar-refractivity contribution in [1.82, 2.24) is 4.90 Å². The molecule has 8 heteroatoms. The molecule has 0 spiro atoms. The van der Waals surface area contributed by atoms with Gasteiger partial charge in [0.25, 0.3) is 0 Å². The van der Waals surface area contributed by atoms with Gasteiger partial charge in [-0.1, -0.05) is 31.0 Å². The summed E-state index contributed by atoms with van der Waals surface area (Å²) in [5.41, 5.74) is 0.862. The number of fused-ring (bicyclic) bond motifs is 2. The van der Waals surface area contributed by atoms with Crippen molar-refractivity contribution in [2.24, 2.45) is 11.8 Å². The zero-order valence-corrected chi connectivity index (χ0v) is 17.6. The van der Waals surface area contributed by atoms with E-state index >= 15 is 0 Å². The lowest BCUT2D eigenvalue weighted by Gasteiger charge is -2.21. The lowest BCUT2D eigenvalue weighted by Crippen LogP contribution is -2.44. The van der Waals surface area contributed by atoms with Gasteiger partial charge in [0.15, 0.2) is 0 Å². The number of furan rings is 1. The van der Waals surface area contributed by atoms with Gasteiger partial charge in [0.1, 0.15) is 18.2 Å². The van der Waals surface area contributed by atoms with E-state index < -0.39 is 18.0 Å². The van der Waals surface area contributed by atoms with Crippen LogP contribution in [0.25, 0.3) is 11.0 Å². The highest BCUT2D eigenvalue weighted by Gasteiger charge is 2.51. The number of likely N-dealkylation sites (tertiary alicyclic amines) is 1. The molecule has 0 unspecified atom stereocenters. The first-order valence-electron chi connectivity index (χ1n) is 10.6. The largest absolute Gasteiger partial charge is 0.460 e. The topological polar surface area (TPSA) is 103 Å². The number of carbonyl (C=O) groups excluding carboxylic acids is 4. The van der Waals surface area contributed by atoms with Gasteiger partial charge in [-0.3, -0.25) is 14.5 Å². The van der Waals surface area contributed by atoms with E-state index in [0.29, 0.717) is 29.4 Å². The van der Waals surface area contributed by atoms with Crippen LogP contribution in [-0.2, 0) is 30.5 Å². The Morgan fingerprint density at radius 1 is 1.10 bits per heavy atom. The molecule has 0 radical (unpaired) electrons. The van der Waals surface area contributed by atoms with Crippen molar-refractivity contribution >= 4 is 34.7 Å². The summed E-state index contributed by atoms with van der Waals surface area (Å²) < 4.78 is 16.1. The molecule has 1 saturated heterocycles. The predicted octanol–water partition coefficient (Wildman–Crippen LogP) is 3.22. The molecule has 164 valence electrons. The number of benzene rings is 1. The first kappa shape index (κ1) is 21.1. The minimum atomic E-state index is -1.03. The molecular formula is C23H25NO7. The number of hydrogen-bond donors (Lipinski definition) is 0. The number of imide groups is 1. The first-order valence-corrected chi connectivity index (χ1v) is 10.6. The molecule has 4 rings (SSSR count). The number of amides is 2. The van der Waals surface area contributed by atoms with Crippen LogP contribution in [-0.4, -0.2) is 41.3 Å². The molecule has 2 heterocycles. The zero-order chi connectivity index (χ0) is 22.1. The molecule has 1 aromatic carbocycles. The van der Waals surface area contributed by atoms with E-state index in [1.165, 1.54) is 6.92 Å². The molecule has 0 bridgehead atoms. The van der Waals surface area contributed by atoms with Crippen molar-refractivity contribution in [2.45, 2.75) is 52.2 Å². The highest BCUT2D eigenvalue weighted by Crippen LogP contribution is 2.39. The summed E-state index contributed by atoms with van der Waals surface area (Å²) in [6, 6.07) is 5.98. The Hall–Kier alpha value is -3.16. The van der Waals surface area contributed by atoms with E-state index in [4.69, 9.17) is 13.9 Å². The van der Waals surface area contributed by atoms with Gasteiger partial charge in [-0.05, 0) is 32.8 Å². The number of ether oxygens (including phenoxy) is 2. The Kier molecular flexibility index (Phi) is 5.80. The Morgan fingerprint density at radius 3 is 2.39 bits per heavy atom. The maximum Gasteiger partial charge on any atom is 0.374 e. The molecule has 1 saturated carbocycles. The van der Waals surface area contributed by atoms with Crippen LogP contribution in [0.5, 0.6) is 0 Å². The van der Waals surface area contributed by atoms with Crippen LogP contribution in [0.2, 0.25) is 0 Å². The molecule has 3 atom stereocenters. The Balaban J connectivity index is 1.52.